The Morgan fingerprint density at radius 1 is 0.792 bits per heavy atom. The van der Waals surface area contributed by atoms with Crippen LogP contribution in [-0.4, -0.2) is 56.1 Å². The molecule has 4 aromatic carbocycles. The Balaban J connectivity index is 1.04. The lowest BCUT2D eigenvalue weighted by Gasteiger charge is -2.11. The Kier molecular flexibility index (Phi) is 10.6. The lowest BCUT2D eigenvalue weighted by molar-refractivity contribution is -0.114. The molecule has 0 bridgehead atoms. The second-order valence-corrected chi connectivity index (χ2v) is 13.3. The van der Waals surface area contributed by atoms with Crippen molar-refractivity contribution in [1.82, 2.24) is 19.7 Å². The summed E-state index contributed by atoms with van der Waals surface area (Å²) in [5, 5.41) is 15.0. The second kappa shape index (κ2) is 15.6. The number of rotatable bonds is 13. The van der Waals surface area contributed by atoms with Crippen LogP contribution in [0.15, 0.2) is 113 Å². The Morgan fingerprint density at radius 3 is 2.19 bits per heavy atom. The van der Waals surface area contributed by atoms with Crippen molar-refractivity contribution in [2.75, 3.05) is 29.2 Å². The van der Waals surface area contributed by atoms with E-state index in [1.54, 1.807) is 30.3 Å². The van der Waals surface area contributed by atoms with Crippen LogP contribution in [-0.2, 0) is 20.9 Å². The first-order valence-electron chi connectivity index (χ1n) is 14.6. The normalized spacial score (nSPS) is 10.9. The first-order chi connectivity index (χ1) is 23.4. The van der Waals surface area contributed by atoms with Crippen molar-refractivity contribution in [1.29, 1.82) is 0 Å². The molecule has 11 nitrogen and oxygen atoms in total. The molecule has 0 radical (unpaired) electrons. The number of hydrogen-bond acceptors (Lipinski definition) is 11. The third kappa shape index (κ3) is 8.39. The van der Waals surface area contributed by atoms with Gasteiger partial charge in [-0.3, -0.25) is 14.2 Å². The van der Waals surface area contributed by atoms with Gasteiger partial charge < -0.3 is 20.1 Å². The third-order valence-corrected chi connectivity index (χ3v) is 9.82. The number of anilines is 2. The van der Waals surface area contributed by atoms with Crippen LogP contribution in [0.25, 0.3) is 15.9 Å². The molecule has 0 aliphatic heterocycles. The number of fused-ring (bicyclic) bond motifs is 1. The summed E-state index contributed by atoms with van der Waals surface area (Å²) in [6, 6.07) is 31.2. The molecule has 6 aromatic rings. The van der Waals surface area contributed by atoms with E-state index in [0.29, 0.717) is 27.9 Å². The van der Waals surface area contributed by atoms with Gasteiger partial charge in [-0.25, -0.2) is 9.78 Å². The van der Waals surface area contributed by atoms with Crippen LogP contribution in [0, 0.1) is 0 Å². The highest BCUT2D eigenvalue weighted by Crippen LogP contribution is 2.32. The zero-order valence-corrected chi connectivity index (χ0v) is 27.9. The van der Waals surface area contributed by atoms with Crippen LogP contribution in [0.1, 0.15) is 16.2 Å². The van der Waals surface area contributed by atoms with Gasteiger partial charge in [0.1, 0.15) is 12.4 Å². The quantitative estimate of drug-likeness (QED) is 0.0991. The van der Waals surface area contributed by atoms with Gasteiger partial charge in [0.25, 0.3) is 0 Å². The Bertz CT molecular complexity index is 2040. The number of carbonyl (C=O) groups is 3. The van der Waals surface area contributed by atoms with E-state index in [-0.39, 0.29) is 29.9 Å². The molecule has 6 rings (SSSR count). The van der Waals surface area contributed by atoms with Crippen LogP contribution in [0.3, 0.4) is 0 Å². The lowest BCUT2D eigenvalue weighted by Crippen LogP contribution is -2.14. The molecule has 48 heavy (non-hydrogen) atoms. The van der Waals surface area contributed by atoms with Crippen LogP contribution in [0.2, 0.25) is 0 Å². The number of nitrogens with zero attached hydrogens (tertiary/aromatic N) is 4. The summed E-state index contributed by atoms with van der Waals surface area (Å²) in [5.41, 5.74) is 3.26. The molecule has 0 spiro atoms. The molecule has 2 aromatic heterocycles. The second-order valence-electron chi connectivity index (χ2n) is 10.1. The molecule has 0 fully saturated rings. The zero-order valence-electron chi connectivity index (χ0n) is 25.5. The molecule has 0 aliphatic rings. The zero-order chi connectivity index (χ0) is 33.3. The van der Waals surface area contributed by atoms with Crippen molar-refractivity contribution in [3.8, 4) is 11.4 Å². The minimum absolute atomic E-state index is 0.118. The maximum atomic E-state index is 13.0. The maximum Gasteiger partial charge on any atom is 0.337 e. The van der Waals surface area contributed by atoms with Crippen molar-refractivity contribution >= 4 is 74.2 Å². The van der Waals surface area contributed by atoms with Gasteiger partial charge in [-0.1, -0.05) is 59.9 Å². The average molecular weight is 697 g/mol. The first-order valence-corrected chi connectivity index (χ1v) is 17.4. The molecule has 0 atom stereocenters. The monoisotopic (exact) mass is 696 g/mol. The number of amides is 2. The number of carbonyl (C=O) groups excluding carboxylic acids is 3. The summed E-state index contributed by atoms with van der Waals surface area (Å²) in [6.45, 7) is 0.213. The molecular weight excluding hydrogens is 669 g/mol. The number of esters is 1. The van der Waals surface area contributed by atoms with Gasteiger partial charge in [0.2, 0.25) is 11.8 Å². The first kappa shape index (κ1) is 32.7. The van der Waals surface area contributed by atoms with Crippen LogP contribution < -0.4 is 15.4 Å². The highest BCUT2D eigenvalue weighted by molar-refractivity contribution is 8.01. The van der Waals surface area contributed by atoms with E-state index in [1.165, 1.54) is 42.0 Å². The van der Waals surface area contributed by atoms with Crippen molar-refractivity contribution in [2.45, 2.75) is 16.1 Å². The summed E-state index contributed by atoms with van der Waals surface area (Å²) in [7, 11) is 1.32. The number of methoxy groups -OCH3 is 1. The number of ether oxygens (including phenoxy) is 2. The molecule has 0 saturated heterocycles. The van der Waals surface area contributed by atoms with E-state index in [2.05, 4.69) is 25.8 Å². The van der Waals surface area contributed by atoms with Crippen LogP contribution in [0.4, 0.5) is 11.4 Å². The predicted octanol–water partition coefficient (Wildman–Crippen LogP) is 6.70. The topological polar surface area (TPSA) is 137 Å². The summed E-state index contributed by atoms with van der Waals surface area (Å²) in [6.07, 6.45) is 0. The molecule has 0 aliphatic carbocycles. The van der Waals surface area contributed by atoms with Gasteiger partial charge in [-0.05, 0) is 66.7 Å². The fourth-order valence-electron chi connectivity index (χ4n) is 4.49. The number of nitrogens with one attached hydrogen (secondary N) is 2. The molecule has 0 unspecified atom stereocenters. The lowest BCUT2D eigenvalue weighted by atomic mass is 10.2. The minimum atomic E-state index is -0.440. The maximum absolute atomic E-state index is 13.0. The fraction of sp³-hybridized carbons (Fsp3) is 0.118. The predicted molar refractivity (Wildman–Crippen MR) is 188 cm³/mol. The summed E-state index contributed by atoms with van der Waals surface area (Å²) >= 11 is 4.04. The van der Waals surface area contributed by atoms with Crippen molar-refractivity contribution in [3.05, 3.63) is 115 Å². The molecule has 14 heteroatoms. The standard InChI is InChI=1S/C34H28N6O5S3/c1-44-32(43)22-12-14-23(15-13-22)35-31(42)21-47-34-37-27-17-16-24(18-28(27)48-34)36-30(41)20-46-33-39-38-29(19-45-26-10-6-3-7-11-26)40(33)25-8-4-2-5-9-25/h2-18H,19-21H2,1H3,(H,35,42)(H,36,41). The highest BCUT2D eigenvalue weighted by atomic mass is 32.2. The Morgan fingerprint density at radius 2 is 1.46 bits per heavy atom. The summed E-state index contributed by atoms with van der Waals surface area (Å²) in [4.78, 5) is 41.7. The minimum Gasteiger partial charge on any atom is -0.486 e. The summed E-state index contributed by atoms with van der Waals surface area (Å²) < 4.78 is 14.1. The van der Waals surface area contributed by atoms with Crippen molar-refractivity contribution in [3.63, 3.8) is 0 Å². The van der Waals surface area contributed by atoms with E-state index in [9.17, 15) is 14.4 Å². The molecule has 242 valence electrons. The number of thiazole rings is 1. The van der Waals surface area contributed by atoms with Gasteiger partial charge in [-0.2, -0.15) is 0 Å². The van der Waals surface area contributed by atoms with E-state index < -0.39 is 5.97 Å². The van der Waals surface area contributed by atoms with Gasteiger partial charge in [0.15, 0.2) is 15.3 Å². The molecule has 2 amide bonds. The molecular formula is C34H28N6O5S3. The number of aromatic nitrogens is 4. The average Bonchev–Trinajstić information content (AvgIpc) is 3.73. The van der Waals surface area contributed by atoms with Gasteiger partial charge >= 0.3 is 5.97 Å². The van der Waals surface area contributed by atoms with Crippen molar-refractivity contribution in [2.24, 2.45) is 0 Å². The van der Waals surface area contributed by atoms with Gasteiger partial charge in [0, 0.05) is 17.1 Å². The van der Waals surface area contributed by atoms with E-state index in [1.807, 2.05) is 77.4 Å². The SMILES string of the molecule is COC(=O)c1ccc(NC(=O)CSc2nc3ccc(NC(=O)CSc4nnc(COc5ccccc5)n4-c4ccccc4)cc3s2)cc1. The van der Waals surface area contributed by atoms with Gasteiger partial charge in [-0.15, -0.1) is 21.5 Å². The van der Waals surface area contributed by atoms with E-state index in [0.717, 1.165) is 26.0 Å². The van der Waals surface area contributed by atoms with Gasteiger partial charge in [0.05, 0.1) is 34.4 Å². The molecule has 2 N–H and O–H groups in total. The highest BCUT2D eigenvalue weighted by Gasteiger charge is 2.17. The third-order valence-electron chi connectivity index (χ3n) is 6.73. The smallest absolute Gasteiger partial charge is 0.337 e. The van der Waals surface area contributed by atoms with Crippen molar-refractivity contribution < 1.29 is 23.9 Å². The van der Waals surface area contributed by atoms with E-state index in [4.69, 9.17) is 9.47 Å². The Hall–Kier alpha value is -5.18. The van der Waals surface area contributed by atoms with E-state index >= 15 is 0 Å². The van der Waals surface area contributed by atoms with Crippen LogP contribution >= 0.6 is 34.9 Å². The largest absolute Gasteiger partial charge is 0.486 e. The number of benzene rings is 4. The number of thioether (sulfide) groups is 2. The fourth-order valence-corrected chi connectivity index (χ4v) is 7.17. The van der Waals surface area contributed by atoms with Crippen LogP contribution in [0.5, 0.6) is 5.75 Å². The number of hydrogen-bond donors (Lipinski definition) is 2. The molecule has 2 heterocycles. The number of para-hydroxylation sites is 2. The Labute approximate surface area is 288 Å². The molecule has 0 saturated carbocycles. The summed E-state index contributed by atoms with van der Waals surface area (Å²) in [5.74, 6) is 0.784.